The van der Waals surface area contributed by atoms with Crippen LogP contribution in [0.1, 0.15) is 27.7 Å². The van der Waals surface area contributed by atoms with Crippen molar-refractivity contribution in [2.75, 3.05) is 26.4 Å². The van der Waals surface area contributed by atoms with Crippen LogP contribution >= 0.6 is 0 Å². The Morgan fingerprint density at radius 1 is 0.500 bits per heavy atom. The van der Waals surface area contributed by atoms with E-state index in [2.05, 4.69) is 39.4 Å². The third-order valence-electron chi connectivity index (χ3n) is 1.50. The lowest BCUT2D eigenvalue weighted by atomic mass is 10.9. The largest absolute Gasteiger partial charge is 0.452 e. The summed E-state index contributed by atoms with van der Waals surface area (Å²) in [7, 11) is 0. The van der Waals surface area contributed by atoms with Gasteiger partial charge in [0.2, 0.25) is 0 Å². The summed E-state index contributed by atoms with van der Waals surface area (Å²) >= 11 is 0. The molecule has 0 aliphatic heterocycles. The normalized spacial score (nSPS) is 9.83. The van der Waals surface area contributed by atoms with Gasteiger partial charge < -0.3 is 18.9 Å². The molecular weight excluding hydrogens is 328 g/mol. The number of amides is 4. The van der Waals surface area contributed by atoms with Gasteiger partial charge in [-0.15, -0.1) is 0 Å². The molecule has 0 heterocycles. The summed E-state index contributed by atoms with van der Waals surface area (Å²) in [6.45, 7) is 7.27. The quantitative estimate of drug-likeness (QED) is 0.552. The minimum atomic E-state index is -0.898. The van der Waals surface area contributed by atoms with Crippen LogP contribution in [0.5, 0.6) is 0 Å². The van der Waals surface area contributed by atoms with E-state index < -0.39 is 24.4 Å². The monoisotopic (exact) mass is 348 g/mol. The van der Waals surface area contributed by atoms with Crippen molar-refractivity contribution >= 4 is 24.4 Å². The van der Waals surface area contributed by atoms with Gasteiger partial charge in [-0.05, 0) is 27.7 Å². The molecule has 0 aliphatic rings. The smallest absolute Gasteiger partial charge is 0.447 e. The molecule has 0 aliphatic carbocycles. The summed E-state index contributed by atoms with van der Waals surface area (Å²) in [6, 6.07) is 0. The average Bonchev–Trinajstić information content (AvgIpc) is 2.53. The van der Waals surface area contributed by atoms with E-state index in [1.54, 1.807) is 27.7 Å². The van der Waals surface area contributed by atoms with Gasteiger partial charge in [0, 0.05) is 0 Å². The molecule has 0 aromatic carbocycles. The first-order chi connectivity index (χ1) is 11.4. The number of hydrogen-bond donors (Lipinski definition) is 0. The zero-order valence-corrected chi connectivity index (χ0v) is 13.9. The van der Waals surface area contributed by atoms with Gasteiger partial charge in [0.15, 0.2) is 0 Å². The van der Waals surface area contributed by atoms with Crippen LogP contribution in [0.3, 0.4) is 0 Å². The number of ether oxygens (including phenoxy) is 4. The molecule has 0 aromatic heterocycles. The first-order valence-corrected chi connectivity index (χ1v) is 6.91. The zero-order valence-electron chi connectivity index (χ0n) is 13.9. The van der Waals surface area contributed by atoms with E-state index >= 15 is 0 Å². The van der Waals surface area contributed by atoms with Gasteiger partial charge in [-0.2, -0.15) is 0 Å². The van der Waals surface area contributed by atoms with Crippen molar-refractivity contribution in [2.24, 2.45) is 20.5 Å². The number of nitrogens with zero attached hydrogens (tertiary/aromatic N) is 4. The number of carbonyl (C=O) groups is 4. The van der Waals surface area contributed by atoms with Crippen molar-refractivity contribution in [3.63, 3.8) is 0 Å². The molecule has 24 heavy (non-hydrogen) atoms. The van der Waals surface area contributed by atoms with E-state index in [0.29, 0.717) is 0 Å². The van der Waals surface area contributed by atoms with E-state index in [4.69, 9.17) is 0 Å². The molecule has 0 atom stereocenters. The highest BCUT2D eigenvalue weighted by Crippen LogP contribution is 1.89. The van der Waals surface area contributed by atoms with Crippen LogP contribution < -0.4 is 0 Å². The number of rotatable bonds is 4. The van der Waals surface area contributed by atoms with Gasteiger partial charge >= 0.3 is 24.4 Å². The van der Waals surface area contributed by atoms with Crippen molar-refractivity contribution in [1.82, 2.24) is 0 Å². The molecule has 136 valence electrons. The highest BCUT2D eigenvalue weighted by molar-refractivity contribution is 5.73. The first-order valence-electron chi connectivity index (χ1n) is 6.91. The molecule has 12 nitrogen and oxygen atoms in total. The molecule has 0 rings (SSSR count). The summed E-state index contributed by atoms with van der Waals surface area (Å²) in [6.07, 6.45) is -3.59. The second-order valence-corrected chi connectivity index (χ2v) is 3.20. The zero-order chi connectivity index (χ0) is 18.8. The van der Waals surface area contributed by atoms with Gasteiger partial charge in [0.05, 0.1) is 26.4 Å². The number of azo groups is 2. The highest BCUT2D eigenvalue weighted by atomic mass is 16.6. The van der Waals surface area contributed by atoms with E-state index in [0.717, 1.165) is 0 Å². The maximum absolute atomic E-state index is 10.5. The maximum atomic E-state index is 10.5. The molecule has 12 heteroatoms. The molecule has 0 aromatic rings. The van der Waals surface area contributed by atoms with Gasteiger partial charge in [-0.1, -0.05) is 20.5 Å². The van der Waals surface area contributed by atoms with E-state index in [1.807, 2.05) is 0 Å². The van der Waals surface area contributed by atoms with Gasteiger partial charge in [0.25, 0.3) is 0 Å². The first kappa shape index (κ1) is 23.3. The van der Waals surface area contributed by atoms with Crippen LogP contribution in [0.15, 0.2) is 20.5 Å². The molecule has 0 radical (unpaired) electrons. The molecule has 0 saturated carbocycles. The van der Waals surface area contributed by atoms with Crippen LogP contribution in [0.2, 0.25) is 0 Å². The van der Waals surface area contributed by atoms with E-state index in [9.17, 15) is 19.2 Å². The number of hydrogen-bond acceptors (Lipinski definition) is 8. The molecule has 0 N–H and O–H groups in total. The lowest BCUT2D eigenvalue weighted by Gasteiger charge is -1.93. The van der Waals surface area contributed by atoms with Crippen molar-refractivity contribution in [1.29, 1.82) is 0 Å². The van der Waals surface area contributed by atoms with Gasteiger partial charge in [0.1, 0.15) is 0 Å². The maximum Gasteiger partial charge on any atom is 0.452 e. The lowest BCUT2D eigenvalue weighted by Crippen LogP contribution is -2.00. The van der Waals surface area contributed by atoms with Crippen LogP contribution in [0.25, 0.3) is 0 Å². The Balaban J connectivity index is 0. The Morgan fingerprint density at radius 2 is 0.667 bits per heavy atom. The number of carbonyl (C=O) groups excluding carboxylic acids is 4. The Labute approximate surface area is 138 Å². The molecule has 0 bridgehead atoms. The molecule has 0 saturated heterocycles. The van der Waals surface area contributed by atoms with Gasteiger partial charge in [-0.25, -0.2) is 19.2 Å². The van der Waals surface area contributed by atoms with Crippen LogP contribution in [0.4, 0.5) is 19.2 Å². The Bertz CT molecular complexity index is 382. The minimum absolute atomic E-state index is 0.195. The Kier molecular flexibility index (Phi) is 16.0. The second-order valence-electron chi connectivity index (χ2n) is 3.20. The van der Waals surface area contributed by atoms with Crippen molar-refractivity contribution in [3.8, 4) is 0 Å². The molecule has 0 unspecified atom stereocenters. The molecule has 0 fully saturated rings. The summed E-state index contributed by atoms with van der Waals surface area (Å²) in [5.41, 5.74) is 0. The minimum Gasteiger partial charge on any atom is -0.447 e. The van der Waals surface area contributed by atoms with Crippen LogP contribution in [-0.4, -0.2) is 50.8 Å². The predicted molar refractivity (Wildman–Crippen MR) is 77.8 cm³/mol. The summed E-state index contributed by atoms with van der Waals surface area (Å²) in [4.78, 5) is 41.8. The topological polar surface area (TPSA) is 155 Å². The predicted octanol–water partition coefficient (Wildman–Crippen LogP) is 3.50. The molecular formula is C12H20N4O8. The fourth-order valence-electron chi connectivity index (χ4n) is 0.773. The van der Waals surface area contributed by atoms with Gasteiger partial charge in [-0.3, -0.25) is 0 Å². The van der Waals surface area contributed by atoms with Crippen molar-refractivity contribution < 1.29 is 38.1 Å². The standard InChI is InChI=1S/2C6H10N2O4/c2*1-3-11-5(9)7-8-6(10)12-4-2/h2*3-4H2,1-2H3. The highest BCUT2D eigenvalue weighted by Gasteiger charge is 2.01. The van der Waals surface area contributed by atoms with Crippen LogP contribution in [0, 0.1) is 0 Å². The van der Waals surface area contributed by atoms with Crippen LogP contribution in [-0.2, 0) is 18.9 Å². The second kappa shape index (κ2) is 16.5. The fourth-order valence-corrected chi connectivity index (χ4v) is 0.773. The fraction of sp³-hybridized carbons (Fsp3) is 0.667. The summed E-state index contributed by atoms with van der Waals surface area (Å²) in [5.74, 6) is 0. The Hall–Kier alpha value is -2.92. The van der Waals surface area contributed by atoms with E-state index in [1.165, 1.54) is 0 Å². The molecule has 4 amide bonds. The SMILES string of the molecule is CCOC(=O)N=NC(=O)OCC.CCOC(=O)N=NC(=O)OCC. The summed E-state index contributed by atoms with van der Waals surface area (Å²) < 4.78 is 17.5. The Morgan fingerprint density at radius 3 is 0.792 bits per heavy atom. The van der Waals surface area contributed by atoms with E-state index in [-0.39, 0.29) is 26.4 Å². The molecule has 0 spiro atoms. The van der Waals surface area contributed by atoms with Crippen molar-refractivity contribution in [3.05, 3.63) is 0 Å². The third-order valence-corrected chi connectivity index (χ3v) is 1.50. The lowest BCUT2D eigenvalue weighted by molar-refractivity contribution is 0.152. The van der Waals surface area contributed by atoms with Crippen molar-refractivity contribution in [2.45, 2.75) is 27.7 Å². The summed E-state index contributed by atoms with van der Waals surface area (Å²) in [5, 5.41) is 11.7. The third kappa shape index (κ3) is 17.1. The average molecular weight is 348 g/mol.